The molecule has 0 unspecified atom stereocenters. The minimum Gasteiger partial charge on any atom is -0.488 e. The van der Waals surface area contributed by atoms with Crippen LogP contribution in [0.4, 0.5) is 0 Å². The molecular weight excluding hydrogens is 238 g/mol. The second-order valence-corrected chi connectivity index (χ2v) is 6.83. The summed E-state index contributed by atoms with van der Waals surface area (Å²) in [5.74, 6) is 1.09. The number of ether oxygens (including phenoxy) is 1. The third-order valence-electron chi connectivity index (χ3n) is 3.25. The Labute approximate surface area is 101 Å². The lowest BCUT2D eigenvalue weighted by atomic mass is 10.0. The van der Waals surface area contributed by atoms with Gasteiger partial charge >= 0.3 is 0 Å². The predicted molar refractivity (Wildman–Crippen MR) is 64.9 cm³/mol. The van der Waals surface area contributed by atoms with Crippen LogP contribution in [-0.4, -0.2) is 32.6 Å². The third-order valence-corrected chi connectivity index (χ3v) is 5.01. The number of nitrogens with one attached hydrogen (secondary N) is 1. The van der Waals surface area contributed by atoms with Crippen LogP contribution in [0.15, 0.2) is 18.2 Å². The fourth-order valence-electron chi connectivity index (χ4n) is 2.31. The van der Waals surface area contributed by atoms with Crippen molar-refractivity contribution in [3.05, 3.63) is 29.3 Å². The Morgan fingerprint density at radius 3 is 2.82 bits per heavy atom. The SMILES string of the molecule is O=S1(=O)CC(Oc2ccc3c(c2)CNCC3)C1. The first-order valence-corrected chi connectivity index (χ1v) is 7.64. The number of hydrogen-bond donors (Lipinski definition) is 1. The van der Waals surface area contributed by atoms with Crippen molar-refractivity contribution in [2.75, 3.05) is 18.1 Å². The number of benzene rings is 1. The van der Waals surface area contributed by atoms with Gasteiger partial charge in [-0.25, -0.2) is 8.42 Å². The zero-order valence-electron chi connectivity index (χ0n) is 9.48. The van der Waals surface area contributed by atoms with Gasteiger partial charge in [0.2, 0.25) is 0 Å². The first-order chi connectivity index (χ1) is 8.12. The summed E-state index contributed by atoms with van der Waals surface area (Å²) in [5, 5.41) is 3.31. The van der Waals surface area contributed by atoms with E-state index in [0.717, 1.165) is 25.3 Å². The largest absolute Gasteiger partial charge is 0.488 e. The smallest absolute Gasteiger partial charge is 0.157 e. The van der Waals surface area contributed by atoms with E-state index in [9.17, 15) is 8.42 Å². The van der Waals surface area contributed by atoms with Gasteiger partial charge < -0.3 is 10.1 Å². The molecule has 4 nitrogen and oxygen atoms in total. The van der Waals surface area contributed by atoms with Crippen LogP contribution in [0.5, 0.6) is 5.75 Å². The average molecular weight is 253 g/mol. The maximum atomic E-state index is 11.0. The Morgan fingerprint density at radius 1 is 1.24 bits per heavy atom. The summed E-state index contributed by atoms with van der Waals surface area (Å²) in [6, 6.07) is 6.04. The molecule has 5 heteroatoms. The highest BCUT2D eigenvalue weighted by molar-refractivity contribution is 7.92. The average Bonchev–Trinajstić information content (AvgIpc) is 2.26. The van der Waals surface area contributed by atoms with Gasteiger partial charge in [0.15, 0.2) is 9.84 Å². The summed E-state index contributed by atoms with van der Waals surface area (Å²) in [6.07, 6.45) is 0.891. The minimum absolute atomic E-state index is 0.155. The van der Waals surface area contributed by atoms with Gasteiger partial charge in [-0.1, -0.05) is 6.07 Å². The first kappa shape index (κ1) is 11.0. The number of sulfone groups is 1. The summed E-state index contributed by atoms with van der Waals surface area (Å²) in [4.78, 5) is 0. The molecule has 0 spiro atoms. The Balaban J connectivity index is 1.72. The van der Waals surface area contributed by atoms with E-state index < -0.39 is 9.84 Å². The van der Waals surface area contributed by atoms with Crippen LogP contribution in [0, 0.1) is 0 Å². The van der Waals surface area contributed by atoms with E-state index in [2.05, 4.69) is 11.4 Å². The molecule has 1 aromatic carbocycles. The monoisotopic (exact) mass is 253 g/mol. The van der Waals surface area contributed by atoms with Gasteiger partial charge in [-0.05, 0) is 36.2 Å². The summed E-state index contributed by atoms with van der Waals surface area (Å²) in [7, 11) is -2.81. The van der Waals surface area contributed by atoms with Crippen molar-refractivity contribution < 1.29 is 13.2 Å². The van der Waals surface area contributed by atoms with Gasteiger partial charge in [0, 0.05) is 6.54 Å². The first-order valence-electron chi connectivity index (χ1n) is 5.82. The lowest BCUT2D eigenvalue weighted by Gasteiger charge is -2.27. The topological polar surface area (TPSA) is 55.4 Å². The van der Waals surface area contributed by atoms with E-state index >= 15 is 0 Å². The molecule has 1 aromatic rings. The Kier molecular flexibility index (Phi) is 2.60. The molecule has 92 valence electrons. The van der Waals surface area contributed by atoms with E-state index in [1.54, 1.807) is 0 Å². The van der Waals surface area contributed by atoms with Gasteiger partial charge in [0.05, 0.1) is 11.5 Å². The lowest BCUT2D eigenvalue weighted by molar-refractivity contribution is 0.230. The van der Waals surface area contributed by atoms with Gasteiger partial charge in [0.1, 0.15) is 11.9 Å². The highest BCUT2D eigenvalue weighted by Gasteiger charge is 2.35. The second-order valence-electron chi connectivity index (χ2n) is 4.67. The molecule has 0 aromatic heterocycles. The molecule has 1 fully saturated rings. The second kappa shape index (κ2) is 3.99. The molecule has 2 aliphatic heterocycles. The molecule has 17 heavy (non-hydrogen) atoms. The molecule has 0 saturated carbocycles. The van der Waals surface area contributed by atoms with Crippen molar-refractivity contribution in [1.29, 1.82) is 0 Å². The van der Waals surface area contributed by atoms with Crippen LogP contribution in [-0.2, 0) is 22.8 Å². The third kappa shape index (κ3) is 2.30. The van der Waals surface area contributed by atoms with Crippen molar-refractivity contribution in [2.45, 2.75) is 19.1 Å². The van der Waals surface area contributed by atoms with Crippen LogP contribution in [0.3, 0.4) is 0 Å². The van der Waals surface area contributed by atoms with E-state index in [-0.39, 0.29) is 17.6 Å². The lowest BCUT2D eigenvalue weighted by Crippen LogP contribution is -2.45. The minimum atomic E-state index is -2.81. The maximum Gasteiger partial charge on any atom is 0.157 e. The van der Waals surface area contributed by atoms with Crippen LogP contribution < -0.4 is 10.1 Å². The molecule has 2 aliphatic rings. The van der Waals surface area contributed by atoms with Crippen LogP contribution >= 0.6 is 0 Å². The van der Waals surface area contributed by atoms with Crippen LogP contribution in [0.25, 0.3) is 0 Å². The number of rotatable bonds is 2. The maximum absolute atomic E-state index is 11.0. The number of hydrogen-bond acceptors (Lipinski definition) is 4. The van der Waals surface area contributed by atoms with Crippen LogP contribution in [0.2, 0.25) is 0 Å². The zero-order chi connectivity index (χ0) is 11.9. The predicted octanol–water partition coefficient (Wildman–Crippen LogP) is 0.508. The van der Waals surface area contributed by atoms with Crippen LogP contribution in [0.1, 0.15) is 11.1 Å². The highest BCUT2D eigenvalue weighted by atomic mass is 32.2. The molecule has 1 saturated heterocycles. The fraction of sp³-hybridized carbons (Fsp3) is 0.500. The number of fused-ring (bicyclic) bond motifs is 1. The molecule has 0 aliphatic carbocycles. The molecular formula is C12H15NO3S. The summed E-state index contributed by atoms with van der Waals surface area (Å²) in [5.41, 5.74) is 2.62. The fourth-order valence-corrected chi connectivity index (χ4v) is 3.48. The van der Waals surface area contributed by atoms with Crippen molar-refractivity contribution in [1.82, 2.24) is 5.32 Å². The molecule has 0 amide bonds. The summed E-state index contributed by atoms with van der Waals surface area (Å²) < 4.78 is 27.7. The van der Waals surface area contributed by atoms with Crippen molar-refractivity contribution in [3.63, 3.8) is 0 Å². The van der Waals surface area contributed by atoms with Gasteiger partial charge in [-0.15, -0.1) is 0 Å². The molecule has 3 rings (SSSR count). The van der Waals surface area contributed by atoms with Gasteiger partial charge in [-0.2, -0.15) is 0 Å². The van der Waals surface area contributed by atoms with Gasteiger partial charge in [-0.3, -0.25) is 0 Å². The highest BCUT2D eigenvalue weighted by Crippen LogP contribution is 2.24. The zero-order valence-corrected chi connectivity index (χ0v) is 10.3. The molecule has 1 N–H and O–H groups in total. The summed E-state index contributed by atoms with van der Waals surface area (Å²) in [6.45, 7) is 1.89. The van der Waals surface area contributed by atoms with Gasteiger partial charge in [0.25, 0.3) is 0 Å². The molecule has 0 atom stereocenters. The van der Waals surface area contributed by atoms with E-state index in [1.165, 1.54) is 11.1 Å². The van der Waals surface area contributed by atoms with Crippen molar-refractivity contribution in [3.8, 4) is 5.75 Å². The van der Waals surface area contributed by atoms with E-state index in [4.69, 9.17) is 4.74 Å². The Bertz CT molecular complexity index is 527. The molecule has 0 radical (unpaired) electrons. The standard InChI is InChI=1S/C12H15NO3S/c14-17(15)7-12(8-17)16-11-2-1-9-3-4-13-6-10(9)5-11/h1-2,5,12-13H,3-4,6-8H2. The molecule has 2 heterocycles. The quantitative estimate of drug-likeness (QED) is 0.834. The van der Waals surface area contributed by atoms with E-state index in [1.807, 2.05) is 12.1 Å². The normalized spacial score (nSPS) is 22.6. The Morgan fingerprint density at radius 2 is 2.06 bits per heavy atom. The van der Waals surface area contributed by atoms with Crippen molar-refractivity contribution in [2.24, 2.45) is 0 Å². The van der Waals surface area contributed by atoms with E-state index in [0.29, 0.717) is 0 Å². The molecule has 0 bridgehead atoms. The summed E-state index contributed by atoms with van der Waals surface area (Å²) >= 11 is 0. The Hall–Kier alpha value is -1.07. The van der Waals surface area contributed by atoms with Crippen molar-refractivity contribution >= 4 is 9.84 Å².